The monoisotopic (exact) mass is 481 g/mol. The van der Waals surface area contributed by atoms with Gasteiger partial charge in [-0.2, -0.15) is 17.6 Å². The molecule has 1 N–H and O–H groups in total. The van der Waals surface area contributed by atoms with Crippen molar-refractivity contribution in [1.29, 1.82) is 0 Å². The summed E-state index contributed by atoms with van der Waals surface area (Å²) in [5.74, 6) is -4.46. The fourth-order valence-corrected chi connectivity index (χ4v) is 3.21. The zero-order chi connectivity index (χ0) is 20.5. The van der Waals surface area contributed by atoms with Gasteiger partial charge < -0.3 is 15.0 Å². The van der Waals surface area contributed by atoms with Crippen LogP contribution in [0, 0.1) is 0 Å². The number of carbonyl (C=O) groups is 1. The number of aromatic nitrogens is 1. The van der Waals surface area contributed by atoms with Gasteiger partial charge in [-0.15, -0.1) is 0 Å². The normalized spacial score (nSPS) is 15.0. The summed E-state index contributed by atoms with van der Waals surface area (Å²) < 4.78 is 58.6. The number of carbonyl (C=O) groups excluding carboxylic acids is 1. The minimum absolute atomic E-state index is 0.149. The van der Waals surface area contributed by atoms with E-state index in [0.29, 0.717) is 30.2 Å². The number of alkyl halides is 5. The Balaban J connectivity index is 1.72. The third-order valence-electron chi connectivity index (χ3n) is 4.00. The molecule has 11 heteroatoms. The lowest BCUT2D eigenvalue weighted by atomic mass is 10.1. The maximum atomic E-state index is 13.5. The zero-order valence-corrected chi connectivity index (χ0v) is 16.4. The van der Waals surface area contributed by atoms with Crippen molar-refractivity contribution in [3.63, 3.8) is 0 Å². The van der Waals surface area contributed by atoms with Crippen LogP contribution >= 0.6 is 27.5 Å². The third kappa shape index (κ3) is 4.23. The van der Waals surface area contributed by atoms with Gasteiger partial charge in [0.2, 0.25) is 0 Å². The quantitative estimate of drug-likeness (QED) is 0.491. The Kier molecular flexibility index (Phi) is 5.83. The lowest BCUT2D eigenvalue weighted by molar-refractivity contribution is -0.164. The molecule has 1 aliphatic rings. The molecule has 28 heavy (non-hydrogen) atoms. The Hall–Kier alpha value is -1.91. The molecule has 0 atom stereocenters. The zero-order valence-electron chi connectivity index (χ0n) is 14.1. The lowest BCUT2D eigenvalue weighted by Crippen LogP contribution is -2.32. The molecule has 0 aliphatic carbocycles. The van der Waals surface area contributed by atoms with Gasteiger partial charge >= 0.3 is 11.3 Å². The molecular weight excluding hydrogens is 470 g/mol. The van der Waals surface area contributed by atoms with Crippen molar-refractivity contribution in [2.45, 2.75) is 11.3 Å². The number of benzene rings is 1. The molecule has 1 fully saturated rings. The molecule has 1 aromatic heterocycles. The van der Waals surface area contributed by atoms with Crippen molar-refractivity contribution in [1.82, 2.24) is 4.98 Å². The van der Waals surface area contributed by atoms with E-state index in [1.165, 1.54) is 6.20 Å². The summed E-state index contributed by atoms with van der Waals surface area (Å²) in [6.07, 6.45) is 1.37. The molecule has 1 aromatic carbocycles. The topological polar surface area (TPSA) is 54.5 Å². The number of nitrogens with one attached hydrogen (secondary N) is 1. The minimum Gasteiger partial charge on any atom is -0.359 e. The first-order chi connectivity index (χ1) is 13.1. The summed E-state index contributed by atoms with van der Waals surface area (Å²) in [5, 5.41) is -2.24. The number of pyridine rings is 1. The first kappa shape index (κ1) is 20.8. The second-order valence-electron chi connectivity index (χ2n) is 5.93. The Morgan fingerprint density at radius 2 is 1.93 bits per heavy atom. The number of rotatable bonds is 5. The summed E-state index contributed by atoms with van der Waals surface area (Å²) in [7, 11) is 0. The van der Waals surface area contributed by atoms with Crippen molar-refractivity contribution in [2.24, 2.45) is 0 Å². The van der Waals surface area contributed by atoms with Gasteiger partial charge in [-0.05, 0) is 45.7 Å². The van der Waals surface area contributed by atoms with E-state index in [9.17, 15) is 22.4 Å². The molecule has 1 amide bonds. The van der Waals surface area contributed by atoms with Crippen LogP contribution in [0.3, 0.4) is 0 Å². The molecule has 0 bridgehead atoms. The molecule has 3 rings (SSSR count). The fourth-order valence-electron chi connectivity index (χ4n) is 2.50. The summed E-state index contributed by atoms with van der Waals surface area (Å²) in [6.45, 7) is 1.66. The van der Waals surface area contributed by atoms with E-state index in [1.807, 2.05) is 4.90 Å². The second-order valence-corrected chi connectivity index (χ2v) is 7.26. The van der Waals surface area contributed by atoms with Crippen molar-refractivity contribution in [3.05, 3.63) is 52.1 Å². The molecule has 1 saturated heterocycles. The predicted molar refractivity (Wildman–Crippen MR) is 99.2 cm³/mol. The summed E-state index contributed by atoms with van der Waals surface area (Å²) in [6, 6.07) is 5.28. The standard InChI is InChI=1S/C17H13BrClF4N3O2/c18-13-7-10(8-24-14(13)26-5-6-28-9-26)15(27)25-12-3-1-11(2-4-12)16(20,21)17(19,22)23/h1-4,7-8H,5-6,9H2,(H,25,27). The molecule has 0 radical (unpaired) electrons. The van der Waals surface area contributed by atoms with E-state index in [0.717, 1.165) is 24.3 Å². The average Bonchev–Trinajstić information content (AvgIpc) is 3.15. The van der Waals surface area contributed by atoms with E-state index < -0.39 is 22.8 Å². The van der Waals surface area contributed by atoms with Gasteiger partial charge in [0.05, 0.1) is 16.6 Å². The van der Waals surface area contributed by atoms with Crippen LogP contribution in [-0.2, 0) is 10.7 Å². The molecule has 0 saturated carbocycles. The van der Waals surface area contributed by atoms with Gasteiger partial charge in [-0.1, -0.05) is 12.1 Å². The van der Waals surface area contributed by atoms with Crippen LogP contribution in [0.15, 0.2) is 41.0 Å². The largest absolute Gasteiger partial charge is 0.388 e. The van der Waals surface area contributed by atoms with Crippen molar-refractivity contribution >= 4 is 44.9 Å². The maximum Gasteiger partial charge on any atom is 0.388 e. The van der Waals surface area contributed by atoms with E-state index >= 15 is 0 Å². The molecule has 0 unspecified atom stereocenters. The molecule has 0 spiro atoms. The molecule has 5 nitrogen and oxygen atoms in total. The average molecular weight is 483 g/mol. The number of halogens is 6. The van der Waals surface area contributed by atoms with E-state index in [1.54, 1.807) is 6.07 Å². The Morgan fingerprint density at radius 3 is 2.46 bits per heavy atom. The Labute approximate surface area is 170 Å². The highest BCUT2D eigenvalue weighted by Crippen LogP contribution is 2.45. The van der Waals surface area contributed by atoms with E-state index in [2.05, 4.69) is 37.8 Å². The van der Waals surface area contributed by atoms with Gasteiger partial charge in [-0.3, -0.25) is 4.79 Å². The summed E-state index contributed by atoms with van der Waals surface area (Å²) in [5.41, 5.74) is -0.597. The van der Waals surface area contributed by atoms with Crippen molar-refractivity contribution in [2.75, 3.05) is 30.1 Å². The molecule has 2 heterocycles. The minimum atomic E-state index is -4.72. The van der Waals surface area contributed by atoms with Gasteiger partial charge in [-0.25, -0.2) is 4.98 Å². The number of anilines is 2. The lowest BCUT2D eigenvalue weighted by Gasteiger charge is -2.21. The fraction of sp³-hybridized carbons (Fsp3) is 0.294. The van der Waals surface area contributed by atoms with Crippen LogP contribution in [0.5, 0.6) is 0 Å². The van der Waals surface area contributed by atoms with Gasteiger partial charge in [0, 0.05) is 24.0 Å². The highest BCUT2D eigenvalue weighted by atomic mass is 79.9. The summed E-state index contributed by atoms with van der Waals surface area (Å²) >= 11 is 7.82. The number of ether oxygens (including phenoxy) is 1. The van der Waals surface area contributed by atoms with Crippen molar-refractivity contribution in [3.8, 4) is 0 Å². The van der Waals surface area contributed by atoms with Crippen LogP contribution in [-0.4, -0.2) is 36.2 Å². The number of amides is 1. The predicted octanol–water partition coefficient (Wildman–Crippen LogP) is 4.81. The van der Waals surface area contributed by atoms with Crippen LogP contribution in [0.1, 0.15) is 15.9 Å². The third-order valence-corrected chi connectivity index (χ3v) is 4.82. The van der Waals surface area contributed by atoms with Gasteiger partial charge in [0.25, 0.3) is 5.91 Å². The van der Waals surface area contributed by atoms with Crippen LogP contribution < -0.4 is 10.2 Å². The first-order valence-corrected chi connectivity index (χ1v) is 9.11. The first-order valence-electron chi connectivity index (χ1n) is 7.94. The van der Waals surface area contributed by atoms with Crippen LogP contribution in [0.4, 0.5) is 29.1 Å². The Morgan fingerprint density at radius 1 is 1.25 bits per heavy atom. The highest BCUT2D eigenvalue weighted by Gasteiger charge is 2.56. The van der Waals surface area contributed by atoms with Gasteiger partial charge in [0.1, 0.15) is 12.5 Å². The Bertz CT molecular complexity index is 872. The van der Waals surface area contributed by atoms with Gasteiger partial charge in [0.15, 0.2) is 0 Å². The van der Waals surface area contributed by atoms with E-state index in [4.69, 9.17) is 4.74 Å². The van der Waals surface area contributed by atoms with Crippen LogP contribution in [0.25, 0.3) is 0 Å². The second kappa shape index (κ2) is 7.84. The number of nitrogens with zero attached hydrogens (tertiary/aromatic N) is 2. The smallest absolute Gasteiger partial charge is 0.359 e. The highest BCUT2D eigenvalue weighted by molar-refractivity contribution is 9.10. The molecular formula is C17H13BrClF4N3O2. The van der Waals surface area contributed by atoms with Crippen molar-refractivity contribution < 1.29 is 27.1 Å². The molecule has 1 aliphatic heterocycles. The van der Waals surface area contributed by atoms with Crippen LogP contribution in [0.2, 0.25) is 0 Å². The maximum absolute atomic E-state index is 13.5. The van der Waals surface area contributed by atoms with E-state index in [-0.39, 0.29) is 11.3 Å². The summed E-state index contributed by atoms with van der Waals surface area (Å²) in [4.78, 5) is 18.5. The SMILES string of the molecule is O=C(Nc1ccc(C(F)(F)C(F)(F)Cl)cc1)c1cnc(N2CCOC2)c(Br)c1. The molecule has 150 valence electrons. The molecule has 2 aromatic rings. The number of hydrogen-bond donors (Lipinski definition) is 1. The number of hydrogen-bond acceptors (Lipinski definition) is 4.